The van der Waals surface area contributed by atoms with Crippen molar-refractivity contribution in [2.24, 2.45) is 11.8 Å². The van der Waals surface area contributed by atoms with E-state index in [4.69, 9.17) is 0 Å². The maximum Gasteiger partial charge on any atom is 0.325 e. The second-order valence-electron chi connectivity index (χ2n) is 9.85. The lowest BCUT2D eigenvalue weighted by molar-refractivity contribution is -0.140. The number of amides is 4. The molecular weight excluding hydrogens is 392 g/mol. The zero-order chi connectivity index (χ0) is 21.6. The molecule has 4 aliphatic rings. The first-order chi connectivity index (χ1) is 15.0. The Morgan fingerprint density at radius 1 is 1.13 bits per heavy atom. The third-order valence-corrected chi connectivity index (χ3v) is 7.65. The topological polar surface area (TPSA) is 73.0 Å². The molecule has 3 heterocycles. The fraction of sp³-hybridized carbons (Fsp3) is 0.625. The van der Waals surface area contributed by atoms with Crippen molar-refractivity contribution >= 4 is 17.8 Å². The van der Waals surface area contributed by atoms with Gasteiger partial charge in [-0.05, 0) is 43.6 Å². The van der Waals surface area contributed by atoms with Crippen LogP contribution < -0.4 is 5.32 Å². The van der Waals surface area contributed by atoms with Gasteiger partial charge in [0.25, 0.3) is 5.91 Å². The molecule has 3 atom stereocenters. The molecule has 5 rings (SSSR count). The summed E-state index contributed by atoms with van der Waals surface area (Å²) in [7, 11) is 0. The summed E-state index contributed by atoms with van der Waals surface area (Å²) in [5, 5.41) is 3.04. The second-order valence-corrected chi connectivity index (χ2v) is 9.85. The van der Waals surface area contributed by atoms with Crippen molar-refractivity contribution in [1.82, 2.24) is 20.0 Å². The number of carbonyl (C=O) groups is 3. The van der Waals surface area contributed by atoms with E-state index in [9.17, 15) is 14.4 Å². The fourth-order valence-corrected chi connectivity index (χ4v) is 5.51. The number of urea groups is 1. The van der Waals surface area contributed by atoms with Gasteiger partial charge in [-0.1, -0.05) is 37.3 Å². The largest absolute Gasteiger partial charge is 0.340 e. The van der Waals surface area contributed by atoms with Crippen LogP contribution in [-0.4, -0.2) is 70.3 Å². The van der Waals surface area contributed by atoms with Crippen LogP contribution in [0.4, 0.5) is 4.79 Å². The summed E-state index contributed by atoms with van der Waals surface area (Å²) >= 11 is 0. The summed E-state index contributed by atoms with van der Waals surface area (Å²) in [5.41, 5.74) is 0.487. The number of rotatable bonds is 4. The SMILES string of the molecule is C[C@@H]1C[C@H]1C(=O)N1CCC[C@H](N2C(=O)NC3(CCN(Cc4ccccc4)CC3)C2=O)C1. The van der Waals surface area contributed by atoms with Crippen LogP contribution in [0.5, 0.6) is 0 Å². The van der Waals surface area contributed by atoms with E-state index in [-0.39, 0.29) is 29.8 Å². The predicted octanol–water partition coefficient (Wildman–Crippen LogP) is 2.22. The molecule has 3 aliphatic heterocycles. The number of carbonyl (C=O) groups excluding carboxylic acids is 3. The molecule has 7 nitrogen and oxygen atoms in total. The molecule has 0 radical (unpaired) electrons. The van der Waals surface area contributed by atoms with Crippen LogP contribution >= 0.6 is 0 Å². The highest BCUT2D eigenvalue weighted by atomic mass is 16.2. The molecule has 1 N–H and O–H groups in total. The number of hydrogen-bond donors (Lipinski definition) is 1. The molecule has 0 bridgehead atoms. The minimum atomic E-state index is -0.776. The number of piperidine rings is 2. The van der Waals surface area contributed by atoms with Gasteiger partial charge in [0.2, 0.25) is 5.91 Å². The molecule has 4 amide bonds. The Morgan fingerprint density at radius 2 is 1.84 bits per heavy atom. The number of benzene rings is 1. The van der Waals surface area contributed by atoms with E-state index < -0.39 is 5.54 Å². The first kappa shape index (κ1) is 20.5. The van der Waals surface area contributed by atoms with Gasteiger partial charge in [-0.3, -0.25) is 19.4 Å². The van der Waals surface area contributed by atoms with Crippen LogP contribution in [-0.2, 0) is 16.1 Å². The molecule has 7 heteroatoms. The third kappa shape index (κ3) is 3.84. The van der Waals surface area contributed by atoms with Crippen LogP contribution in [0.15, 0.2) is 30.3 Å². The average molecular weight is 425 g/mol. The standard InChI is InChI=1S/C24H32N4O3/c1-17-14-20(17)21(29)27-11-5-8-19(16-27)28-22(30)24(25-23(28)31)9-12-26(13-10-24)15-18-6-3-2-4-7-18/h2-4,6-7,17,19-20H,5,8-16H2,1H3,(H,25,31)/t17-,19+,20-/m1/s1. The van der Waals surface area contributed by atoms with Gasteiger partial charge in [0.05, 0.1) is 6.04 Å². The zero-order valence-electron chi connectivity index (χ0n) is 18.3. The Balaban J connectivity index is 1.22. The highest BCUT2D eigenvalue weighted by Crippen LogP contribution is 2.40. The Bertz CT molecular complexity index is 865. The maximum absolute atomic E-state index is 13.5. The highest BCUT2D eigenvalue weighted by Gasteiger charge is 2.55. The summed E-state index contributed by atoms with van der Waals surface area (Å²) in [6.07, 6.45) is 3.85. The van der Waals surface area contributed by atoms with Gasteiger partial charge in [0.1, 0.15) is 5.54 Å². The Kier molecular flexibility index (Phi) is 5.24. The molecule has 31 heavy (non-hydrogen) atoms. The van der Waals surface area contributed by atoms with Gasteiger partial charge in [-0.15, -0.1) is 0 Å². The van der Waals surface area contributed by atoms with E-state index >= 15 is 0 Å². The van der Waals surface area contributed by atoms with Gasteiger partial charge < -0.3 is 10.2 Å². The molecule has 1 aromatic carbocycles. The summed E-state index contributed by atoms with van der Waals surface area (Å²) in [6.45, 7) is 5.75. The number of likely N-dealkylation sites (tertiary alicyclic amines) is 2. The summed E-state index contributed by atoms with van der Waals surface area (Å²) in [4.78, 5) is 44.7. The normalized spacial score (nSPS) is 30.5. The van der Waals surface area contributed by atoms with Crippen molar-refractivity contribution in [3.8, 4) is 0 Å². The first-order valence-corrected chi connectivity index (χ1v) is 11.7. The van der Waals surface area contributed by atoms with Crippen molar-refractivity contribution in [2.75, 3.05) is 26.2 Å². The summed E-state index contributed by atoms with van der Waals surface area (Å²) in [5.74, 6) is 0.722. The number of hydrogen-bond acceptors (Lipinski definition) is 4. The van der Waals surface area contributed by atoms with Gasteiger partial charge >= 0.3 is 6.03 Å². The fourth-order valence-electron chi connectivity index (χ4n) is 5.51. The molecule has 4 fully saturated rings. The van der Waals surface area contributed by atoms with E-state index in [2.05, 4.69) is 29.3 Å². The lowest BCUT2D eigenvalue weighted by atomic mass is 9.87. The minimum Gasteiger partial charge on any atom is -0.340 e. The van der Waals surface area contributed by atoms with E-state index in [1.807, 2.05) is 23.1 Å². The van der Waals surface area contributed by atoms with Crippen molar-refractivity contribution < 1.29 is 14.4 Å². The molecule has 3 saturated heterocycles. The quantitative estimate of drug-likeness (QED) is 0.753. The number of nitrogens with one attached hydrogen (secondary N) is 1. The molecule has 1 spiro atoms. The van der Waals surface area contributed by atoms with Gasteiger partial charge in [0.15, 0.2) is 0 Å². The van der Waals surface area contributed by atoms with Gasteiger partial charge in [0, 0.05) is 38.6 Å². The molecule has 166 valence electrons. The van der Waals surface area contributed by atoms with Crippen LogP contribution in [0.25, 0.3) is 0 Å². The van der Waals surface area contributed by atoms with E-state index in [1.54, 1.807) is 0 Å². The molecule has 1 aromatic rings. The van der Waals surface area contributed by atoms with Gasteiger partial charge in [-0.25, -0.2) is 4.79 Å². The maximum atomic E-state index is 13.5. The molecule has 0 aromatic heterocycles. The Labute approximate surface area is 183 Å². The molecular formula is C24H32N4O3. The first-order valence-electron chi connectivity index (χ1n) is 11.7. The van der Waals surface area contributed by atoms with E-state index in [0.717, 1.165) is 45.4 Å². The third-order valence-electron chi connectivity index (χ3n) is 7.65. The van der Waals surface area contributed by atoms with Crippen LogP contribution in [0.1, 0.15) is 44.6 Å². The second kappa shape index (κ2) is 7.93. The van der Waals surface area contributed by atoms with Crippen molar-refractivity contribution in [1.29, 1.82) is 0 Å². The Hall–Kier alpha value is -2.41. The predicted molar refractivity (Wildman–Crippen MR) is 116 cm³/mol. The minimum absolute atomic E-state index is 0.0871. The lowest BCUT2D eigenvalue weighted by Gasteiger charge is -2.39. The molecule has 1 saturated carbocycles. The monoisotopic (exact) mass is 424 g/mol. The van der Waals surface area contributed by atoms with Crippen LogP contribution in [0.2, 0.25) is 0 Å². The van der Waals surface area contributed by atoms with E-state index in [1.165, 1.54) is 10.5 Å². The smallest absolute Gasteiger partial charge is 0.325 e. The highest BCUT2D eigenvalue weighted by molar-refractivity contribution is 6.07. The number of imide groups is 1. The Morgan fingerprint density at radius 3 is 2.52 bits per heavy atom. The van der Waals surface area contributed by atoms with E-state index in [0.29, 0.717) is 25.3 Å². The van der Waals surface area contributed by atoms with Crippen molar-refractivity contribution in [2.45, 2.75) is 57.2 Å². The molecule has 0 unspecified atom stereocenters. The average Bonchev–Trinajstić information content (AvgIpc) is 3.46. The van der Waals surface area contributed by atoms with Crippen molar-refractivity contribution in [3.63, 3.8) is 0 Å². The van der Waals surface area contributed by atoms with Crippen LogP contribution in [0.3, 0.4) is 0 Å². The summed E-state index contributed by atoms with van der Waals surface area (Å²) in [6, 6.07) is 9.85. The zero-order valence-corrected chi connectivity index (χ0v) is 18.3. The lowest BCUT2D eigenvalue weighted by Crippen LogP contribution is -2.56. The number of nitrogens with zero attached hydrogens (tertiary/aromatic N) is 3. The van der Waals surface area contributed by atoms with Gasteiger partial charge in [-0.2, -0.15) is 0 Å². The van der Waals surface area contributed by atoms with Crippen LogP contribution in [0, 0.1) is 11.8 Å². The molecule has 1 aliphatic carbocycles. The van der Waals surface area contributed by atoms with Crippen molar-refractivity contribution in [3.05, 3.63) is 35.9 Å². The summed E-state index contributed by atoms with van der Waals surface area (Å²) < 4.78 is 0.